The maximum Gasteiger partial charge on any atom is 0.274 e. The molecule has 2 rings (SSSR count). The summed E-state index contributed by atoms with van der Waals surface area (Å²) in [5.74, 6) is -0.207. The highest BCUT2D eigenvalue weighted by atomic mass is 79.9. The first-order chi connectivity index (χ1) is 8.54. The molecule has 0 fully saturated rings. The molecular weight excluding hydrogens is 292 g/mol. The van der Waals surface area contributed by atoms with Gasteiger partial charge in [0.05, 0.1) is 0 Å². The number of pyridine rings is 1. The predicted octanol–water partition coefficient (Wildman–Crippen LogP) is 3.71. The number of benzene rings is 1. The highest BCUT2D eigenvalue weighted by molar-refractivity contribution is 9.10. The van der Waals surface area contributed by atoms with Crippen LogP contribution in [0.2, 0.25) is 0 Å². The molecule has 1 aromatic carbocycles. The Morgan fingerprint density at radius 3 is 2.44 bits per heavy atom. The van der Waals surface area contributed by atoms with E-state index in [0.717, 1.165) is 16.8 Å². The standard InChI is InChI=1S/C14H13BrN2O/c1-9-6-10(2)8-11(7-9)16-14(18)12-4-3-5-13(15)17-12/h3-8H,1-2H3,(H,16,18). The highest BCUT2D eigenvalue weighted by Crippen LogP contribution is 2.15. The molecule has 0 unspecified atom stereocenters. The number of halogens is 1. The smallest absolute Gasteiger partial charge is 0.274 e. The van der Waals surface area contributed by atoms with Gasteiger partial charge in [0.25, 0.3) is 5.91 Å². The molecule has 4 heteroatoms. The summed E-state index contributed by atoms with van der Waals surface area (Å²) >= 11 is 3.25. The van der Waals surface area contributed by atoms with E-state index < -0.39 is 0 Å². The fourth-order valence-corrected chi connectivity index (χ4v) is 2.12. The minimum absolute atomic E-state index is 0.207. The van der Waals surface area contributed by atoms with Crippen molar-refractivity contribution < 1.29 is 4.79 Å². The van der Waals surface area contributed by atoms with Gasteiger partial charge in [-0.05, 0) is 65.2 Å². The Labute approximate surface area is 114 Å². The second-order valence-corrected chi connectivity index (χ2v) is 4.99. The van der Waals surface area contributed by atoms with E-state index in [9.17, 15) is 4.79 Å². The van der Waals surface area contributed by atoms with Crippen LogP contribution in [0.3, 0.4) is 0 Å². The Bertz CT molecular complexity index is 576. The van der Waals surface area contributed by atoms with Crippen molar-refractivity contribution in [2.45, 2.75) is 13.8 Å². The molecule has 1 amide bonds. The molecule has 1 N–H and O–H groups in total. The van der Waals surface area contributed by atoms with Crippen LogP contribution in [0.5, 0.6) is 0 Å². The number of carbonyl (C=O) groups is 1. The van der Waals surface area contributed by atoms with Crippen molar-refractivity contribution in [3.05, 3.63) is 57.8 Å². The summed E-state index contributed by atoms with van der Waals surface area (Å²) in [6.07, 6.45) is 0. The maximum absolute atomic E-state index is 12.0. The van der Waals surface area contributed by atoms with Crippen molar-refractivity contribution in [1.82, 2.24) is 4.98 Å². The summed E-state index contributed by atoms with van der Waals surface area (Å²) in [7, 11) is 0. The Morgan fingerprint density at radius 1 is 1.17 bits per heavy atom. The zero-order chi connectivity index (χ0) is 13.1. The minimum Gasteiger partial charge on any atom is -0.321 e. The highest BCUT2D eigenvalue weighted by Gasteiger charge is 2.08. The van der Waals surface area contributed by atoms with Crippen LogP contribution in [0.15, 0.2) is 41.0 Å². The zero-order valence-electron chi connectivity index (χ0n) is 10.2. The summed E-state index contributed by atoms with van der Waals surface area (Å²) in [6.45, 7) is 4.00. The van der Waals surface area contributed by atoms with E-state index in [0.29, 0.717) is 10.3 Å². The minimum atomic E-state index is -0.207. The van der Waals surface area contributed by atoms with Crippen LogP contribution in [-0.4, -0.2) is 10.9 Å². The lowest BCUT2D eigenvalue weighted by molar-refractivity contribution is 0.102. The van der Waals surface area contributed by atoms with Crippen LogP contribution in [0, 0.1) is 13.8 Å². The number of nitrogens with zero attached hydrogens (tertiary/aromatic N) is 1. The molecule has 0 spiro atoms. The Balaban J connectivity index is 2.21. The average molecular weight is 305 g/mol. The molecule has 0 aliphatic rings. The van der Waals surface area contributed by atoms with Crippen molar-refractivity contribution in [3.8, 4) is 0 Å². The van der Waals surface area contributed by atoms with Crippen molar-refractivity contribution in [2.75, 3.05) is 5.32 Å². The van der Waals surface area contributed by atoms with Crippen LogP contribution >= 0.6 is 15.9 Å². The normalized spacial score (nSPS) is 10.2. The summed E-state index contributed by atoms with van der Waals surface area (Å²) in [5, 5.41) is 2.84. The molecule has 18 heavy (non-hydrogen) atoms. The van der Waals surface area contributed by atoms with E-state index in [1.165, 1.54) is 0 Å². The number of hydrogen-bond acceptors (Lipinski definition) is 2. The lowest BCUT2D eigenvalue weighted by atomic mass is 10.1. The number of anilines is 1. The molecule has 2 aromatic rings. The summed E-state index contributed by atoms with van der Waals surface area (Å²) in [5.41, 5.74) is 3.42. The second kappa shape index (κ2) is 5.31. The average Bonchev–Trinajstić information content (AvgIpc) is 2.27. The number of aryl methyl sites for hydroxylation is 2. The molecule has 0 atom stereocenters. The van der Waals surface area contributed by atoms with E-state index in [1.54, 1.807) is 18.2 Å². The van der Waals surface area contributed by atoms with E-state index in [1.807, 2.05) is 26.0 Å². The van der Waals surface area contributed by atoms with Gasteiger partial charge in [0.1, 0.15) is 10.3 Å². The molecule has 0 saturated heterocycles. The molecule has 0 bridgehead atoms. The van der Waals surface area contributed by atoms with Gasteiger partial charge in [-0.1, -0.05) is 12.1 Å². The first kappa shape index (κ1) is 12.8. The van der Waals surface area contributed by atoms with Gasteiger partial charge < -0.3 is 5.32 Å². The Morgan fingerprint density at radius 2 is 1.83 bits per heavy atom. The molecule has 1 aromatic heterocycles. The third-order valence-corrected chi connectivity index (χ3v) is 2.87. The first-order valence-electron chi connectivity index (χ1n) is 5.57. The number of hydrogen-bond donors (Lipinski definition) is 1. The van der Waals surface area contributed by atoms with E-state index >= 15 is 0 Å². The topological polar surface area (TPSA) is 42.0 Å². The molecule has 0 aliphatic carbocycles. The third kappa shape index (κ3) is 3.17. The predicted molar refractivity (Wildman–Crippen MR) is 75.8 cm³/mol. The summed E-state index contributed by atoms with van der Waals surface area (Å²) in [6, 6.07) is 11.2. The first-order valence-corrected chi connectivity index (χ1v) is 6.36. The molecule has 1 heterocycles. The number of amides is 1. The third-order valence-electron chi connectivity index (χ3n) is 2.43. The molecule has 0 radical (unpaired) electrons. The van der Waals surface area contributed by atoms with Gasteiger partial charge in [-0.3, -0.25) is 4.79 Å². The van der Waals surface area contributed by atoms with E-state index in [-0.39, 0.29) is 5.91 Å². The number of carbonyl (C=O) groups excluding carboxylic acids is 1. The van der Waals surface area contributed by atoms with Crippen LogP contribution in [0.1, 0.15) is 21.6 Å². The van der Waals surface area contributed by atoms with Crippen LogP contribution in [-0.2, 0) is 0 Å². The molecular formula is C14H13BrN2O. The van der Waals surface area contributed by atoms with Crippen LogP contribution in [0.4, 0.5) is 5.69 Å². The SMILES string of the molecule is Cc1cc(C)cc(NC(=O)c2cccc(Br)n2)c1. The van der Waals surface area contributed by atoms with Gasteiger partial charge in [-0.2, -0.15) is 0 Å². The Kier molecular flexibility index (Phi) is 3.77. The van der Waals surface area contributed by atoms with Crippen molar-refractivity contribution >= 4 is 27.5 Å². The van der Waals surface area contributed by atoms with E-state index in [4.69, 9.17) is 0 Å². The zero-order valence-corrected chi connectivity index (χ0v) is 11.8. The molecule has 92 valence electrons. The fourth-order valence-electron chi connectivity index (χ4n) is 1.78. The van der Waals surface area contributed by atoms with Gasteiger partial charge in [0.2, 0.25) is 0 Å². The lowest BCUT2D eigenvalue weighted by Crippen LogP contribution is -2.13. The molecule has 0 saturated carbocycles. The summed E-state index contributed by atoms with van der Waals surface area (Å²) in [4.78, 5) is 16.1. The van der Waals surface area contributed by atoms with Crippen molar-refractivity contribution in [1.29, 1.82) is 0 Å². The summed E-state index contributed by atoms with van der Waals surface area (Å²) < 4.78 is 0.649. The van der Waals surface area contributed by atoms with Crippen molar-refractivity contribution in [2.24, 2.45) is 0 Å². The van der Waals surface area contributed by atoms with Gasteiger partial charge >= 0.3 is 0 Å². The fraction of sp³-hybridized carbons (Fsp3) is 0.143. The number of nitrogens with one attached hydrogen (secondary N) is 1. The van der Waals surface area contributed by atoms with Gasteiger partial charge in [-0.25, -0.2) is 4.98 Å². The number of rotatable bonds is 2. The quantitative estimate of drug-likeness (QED) is 0.859. The van der Waals surface area contributed by atoms with Crippen LogP contribution < -0.4 is 5.32 Å². The lowest BCUT2D eigenvalue weighted by Gasteiger charge is -2.07. The largest absolute Gasteiger partial charge is 0.321 e. The van der Waals surface area contributed by atoms with Gasteiger partial charge in [0.15, 0.2) is 0 Å². The number of aromatic nitrogens is 1. The van der Waals surface area contributed by atoms with Gasteiger partial charge in [-0.15, -0.1) is 0 Å². The monoisotopic (exact) mass is 304 g/mol. The maximum atomic E-state index is 12.0. The second-order valence-electron chi connectivity index (χ2n) is 4.18. The van der Waals surface area contributed by atoms with E-state index in [2.05, 4.69) is 32.3 Å². The molecule has 3 nitrogen and oxygen atoms in total. The molecule has 0 aliphatic heterocycles. The Hall–Kier alpha value is -1.68. The van der Waals surface area contributed by atoms with Crippen molar-refractivity contribution in [3.63, 3.8) is 0 Å². The van der Waals surface area contributed by atoms with Gasteiger partial charge in [0, 0.05) is 5.69 Å². The van der Waals surface area contributed by atoms with Crippen LogP contribution in [0.25, 0.3) is 0 Å².